The molecule has 7 nitrogen and oxygen atoms in total. The fourth-order valence-electron chi connectivity index (χ4n) is 5.69. The van der Waals surface area contributed by atoms with Crippen LogP contribution in [-0.2, 0) is 27.2 Å². The molecule has 1 aromatic carbocycles. The molecule has 2 fully saturated rings. The van der Waals surface area contributed by atoms with E-state index < -0.39 is 0 Å². The van der Waals surface area contributed by atoms with Crippen LogP contribution in [0.5, 0.6) is 0 Å². The van der Waals surface area contributed by atoms with Crippen LogP contribution in [0.3, 0.4) is 0 Å². The van der Waals surface area contributed by atoms with Crippen molar-refractivity contribution in [1.82, 2.24) is 15.2 Å². The molecule has 0 radical (unpaired) electrons. The molecule has 0 saturated carbocycles. The van der Waals surface area contributed by atoms with Crippen LogP contribution in [0.15, 0.2) is 29.4 Å². The fourth-order valence-corrected chi connectivity index (χ4v) is 5.69. The number of hydrogen-bond acceptors (Lipinski definition) is 5. The summed E-state index contributed by atoms with van der Waals surface area (Å²) in [5.41, 5.74) is 5.96. The minimum absolute atomic E-state index is 0.0332. The molecule has 0 spiro atoms. The van der Waals surface area contributed by atoms with E-state index in [1.165, 1.54) is 11.1 Å². The highest BCUT2D eigenvalue weighted by Gasteiger charge is 2.33. The second kappa shape index (κ2) is 9.71. The fraction of sp³-hybridized carbons (Fsp3) is 0.640. The summed E-state index contributed by atoms with van der Waals surface area (Å²) < 4.78 is 5.83. The van der Waals surface area contributed by atoms with Gasteiger partial charge in [-0.15, -0.1) is 0 Å². The molecule has 2 saturated heterocycles. The van der Waals surface area contributed by atoms with Crippen molar-refractivity contribution in [2.45, 2.75) is 63.5 Å². The van der Waals surface area contributed by atoms with Crippen molar-refractivity contribution in [3.63, 3.8) is 0 Å². The van der Waals surface area contributed by atoms with Gasteiger partial charge in [-0.05, 0) is 68.7 Å². The summed E-state index contributed by atoms with van der Waals surface area (Å²) in [6, 6.07) is 9.46. The van der Waals surface area contributed by atoms with Gasteiger partial charge in [0, 0.05) is 38.6 Å². The van der Waals surface area contributed by atoms with E-state index in [2.05, 4.69) is 39.7 Å². The van der Waals surface area contributed by atoms with Gasteiger partial charge in [0.1, 0.15) is 5.71 Å². The maximum Gasteiger partial charge on any atom is 0.270 e. The van der Waals surface area contributed by atoms with Crippen LogP contribution >= 0.6 is 0 Å². The highest BCUT2D eigenvalue weighted by Crippen LogP contribution is 2.29. The first-order valence-electron chi connectivity index (χ1n) is 12.2. The maximum absolute atomic E-state index is 13.2. The number of carbonyl (C=O) groups is 2. The predicted octanol–water partition coefficient (Wildman–Crippen LogP) is 2.14. The number of fused-ring (bicyclic) bond motifs is 1. The van der Waals surface area contributed by atoms with Gasteiger partial charge in [-0.25, -0.2) is 5.43 Å². The Morgan fingerprint density at radius 1 is 1.09 bits per heavy atom. The summed E-state index contributed by atoms with van der Waals surface area (Å²) in [5.74, 6) is 0.349. The molecule has 1 atom stereocenters. The Labute approximate surface area is 190 Å². The first-order chi connectivity index (χ1) is 15.7. The number of carbonyl (C=O) groups excluding carboxylic acids is 2. The van der Waals surface area contributed by atoms with Gasteiger partial charge in [0.2, 0.25) is 5.91 Å². The third kappa shape index (κ3) is 4.89. The van der Waals surface area contributed by atoms with E-state index >= 15 is 0 Å². The maximum atomic E-state index is 13.2. The first-order valence-corrected chi connectivity index (χ1v) is 12.2. The van der Waals surface area contributed by atoms with Crippen molar-refractivity contribution in [1.29, 1.82) is 0 Å². The Kier molecular flexibility index (Phi) is 6.55. The molecule has 1 aromatic rings. The summed E-state index contributed by atoms with van der Waals surface area (Å²) in [6.07, 6.45) is 7.51. The molecule has 1 unspecified atom stereocenters. The molecule has 7 heteroatoms. The number of nitrogens with one attached hydrogen (secondary N) is 1. The van der Waals surface area contributed by atoms with Gasteiger partial charge in [0.05, 0.1) is 6.10 Å². The normalized spacial score (nSPS) is 24.8. The minimum atomic E-state index is -0.117. The first kappa shape index (κ1) is 21.6. The van der Waals surface area contributed by atoms with Crippen LogP contribution in [0.2, 0.25) is 0 Å². The van der Waals surface area contributed by atoms with Crippen LogP contribution in [0.25, 0.3) is 0 Å². The van der Waals surface area contributed by atoms with E-state index in [0.29, 0.717) is 37.1 Å². The monoisotopic (exact) mass is 438 g/mol. The summed E-state index contributed by atoms with van der Waals surface area (Å²) in [4.78, 5) is 29.3. The van der Waals surface area contributed by atoms with Gasteiger partial charge >= 0.3 is 0 Å². The topological polar surface area (TPSA) is 74.2 Å². The molecule has 0 bridgehead atoms. The van der Waals surface area contributed by atoms with Crippen molar-refractivity contribution in [3.05, 3.63) is 35.4 Å². The smallest absolute Gasteiger partial charge is 0.270 e. The number of likely N-dealkylation sites (tertiary alicyclic amines) is 1. The lowest BCUT2D eigenvalue weighted by atomic mass is 9.94. The van der Waals surface area contributed by atoms with Crippen molar-refractivity contribution >= 4 is 17.5 Å². The predicted molar refractivity (Wildman–Crippen MR) is 122 cm³/mol. The van der Waals surface area contributed by atoms with E-state index in [4.69, 9.17) is 4.74 Å². The SMILES string of the molecule is O=C1CCC(C(=O)N(CC2CCN(C3Cc4ccccc4C3)CC2)CC2CCCO2)=NN1. The van der Waals surface area contributed by atoms with Crippen molar-refractivity contribution < 1.29 is 14.3 Å². The highest BCUT2D eigenvalue weighted by molar-refractivity contribution is 6.39. The zero-order valence-corrected chi connectivity index (χ0v) is 18.8. The van der Waals surface area contributed by atoms with E-state index in [9.17, 15) is 9.59 Å². The van der Waals surface area contributed by atoms with E-state index in [0.717, 1.165) is 64.8 Å². The lowest BCUT2D eigenvalue weighted by Crippen LogP contribution is -2.48. The molecular formula is C25H34N4O3. The van der Waals surface area contributed by atoms with Crippen LogP contribution in [0, 0.1) is 5.92 Å². The van der Waals surface area contributed by atoms with E-state index in [1.54, 1.807) is 0 Å². The third-order valence-electron chi connectivity index (χ3n) is 7.56. The van der Waals surface area contributed by atoms with Gasteiger partial charge in [-0.3, -0.25) is 14.5 Å². The zero-order valence-electron chi connectivity index (χ0n) is 18.8. The number of piperidine rings is 1. The average molecular weight is 439 g/mol. The lowest BCUT2D eigenvalue weighted by Gasteiger charge is -2.38. The molecular weight excluding hydrogens is 404 g/mol. The number of nitrogens with zero attached hydrogens (tertiary/aromatic N) is 3. The Hall–Kier alpha value is -2.25. The largest absolute Gasteiger partial charge is 0.376 e. The second-order valence-corrected chi connectivity index (χ2v) is 9.75. The average Bonchev–Trinajstić information content (AvgIpc) is 3.49. The van der Waals surface area contributed by atoms with Gasteiger partial charge in [0.25, 0.3) is 5.91 Å². The molecule has 0 aromatic heterocycles. The highest BCUT2D eigenvalue weighted by atomic mass is 16.5. The molecule has 1 N–H and O–H groups in total. The standard InChI is InChI=1S/C25H34N4O3/c30-24-8-7-23(26-27-24)25(31)29(17-22-6-3-13-32-22)16-18-9-11-28(12-10-18)21-14-19-4-1-2-5-20(19)15-21/h1-2,4-5,18,21-22H,3,6-17H2,(H,27,30). The Bertz CT molecular complexity index is 847. The Morgan fingerprint density at radius 2 is 1.84 bits per heavy atom. The van der Waals surface area contributed by atoms with Gasteiger partial charge in [0.15, 0.2) is 0 Å². The number of hydrazone groups is 1. The number of hydrogen-bond donors (Lipinski definition) is 1. The van der Waals surface area contributed by atoms with E-state index in [-0.39, 0.29) is 17.9 Å². The summed E-state index contributed by atoms with van der Waals surface area (Å²) in [5, 5.41) is 4.06. The Balaban J connectivity index is 1.18. The molecule has 2 amide bonds. The van der Waals surface area contributed by atoms with Crippen LogP contribution in [0.4, 0.5) is 0 Å². The van der Waals surface area contributed by atoms with Crippen molar-refractivity contribution in [3.8, 4) is 0 Å². The van der Waals surface area contributed by atoms with Gasteiger partial charge < -0.3 is 9.64 Å². The molecule has 4 aliphatic rings. The summed E-state index contributed by atoms with van der Waals surface area (Å²) in [7, 11) is 0. The molecule has 32 heavy (non-hydrogen) atoms. The second-order valence-electron chi connectivity index (χ2n) is 9.75. The van der Waals surface area contributed by atoms with E-state index in [1.807, 2.05) is 4.90 Å². The van der Waals surface area contributed by atoms with Crippen LogP contribution in [-0.4, -0.2) is 72.3 Å². The lowest BCUT2D eigenvalue weighted by molar-refractivity contribution is -0.127. The minimum Gasteiger partial charge on any atom is -0.376 e. The molecule has 5 rings (SSSR count). The number of amides is 2. The number of ether oxygens (including phenoxy) is 1. The molecule has 172 valence electrons. The van der Waals surface area contributed by atoms with Crippen molar-refractivity contribution in [2.75, 3.05) is 32.8 Å². The molecule has 3 aliphatic heterocycles. The van der Waals surface area contributed by atoms with Gasteiger partial charge in [-0.1, -0.05) is 24.3 Å². The quantitative estimate of drug-likeness (QED) is 0.739. The van der Waals surface area contributed by atoms with Crippen LogP contribution in [0.1, 0.15) is 49.7 Å². The summed E-state index contributed by atoms with van der Waals surface area (Å²) >= 11 is 0. The Morgan fingerprint density at radius 3 is 2.47 bits per heavy atom. The molecule has 3 heterocycles. The van der Waals surface area contributed by atoms with Gasteiger partial charge in [-0.2, -0.15) is 5.10 Å². The molecule has 1 aliphatic carbocycles. The number of rotatable bonds is 6. The number of benzene rings is 1. The summed E-state index contributed by atoms with van der Waals surface area (Å²) in [6.45, 7) is 4.37. The van der Waals surface area contributed by atoms with Crippen LogP contribution < -0.4 is 5.43 Å². The third-order valence-corrected chi connectivity index (χ3v) is 7.56. The van der Waals surface area contributed by atoms with Crippen molar-refractivity contribution in [2.24, 2.45) is 11.0 Å². The zero-order chi connectivity index (χ0) is 21.9.